The number of benzene rings is 1. The maximum atomic E-state index is 13.8. The molecule has 1 aliphatic rings. The van der Waals surface area contributed by atoms with Crippen LogP contribution in [-0.2, 0) is 0 Å². The largest absolute Gasteiger partial charge is 0.386 e. The predicted octanol–water partition coefficient (Wildman–Crippen LogP) is 3.75. The van der Waals surface area contributed by atoms with Gasteiger partial charge >= 0.3 is 0 Å². The van der Waals surface area contributed by atoms with E-state index in [-0.39, 0.29) is 12.0 Å². The number of hydrogen-bond acceptors (Lipinski definition) is 5. The number of nitrogens with one attached hydrogen (secondary N) is 1. The fourth-order valence-corrected chi connectivity index (χ4v) is 2.92. The van der Waals surface area contributed by atoms with Crippen LogP contribution in [0.1, 0.15) is 19.8 Å². The lowest BCUT2D eigenvalue weighted by Gasteiger charge is -2.27. The molecule has 1 aliphatic carbocycles. The van der Waals surface area contributed by atoms with E-state index in [1.54, 1.807) is 6.92 Å². The number of likely N-dealkylation sites (N-methyl/N-ethyl adjacent to an activating group) is 1. The summed E-state index contributed by atoms with van der Waals surface area (Å²) < 4.78 is 13.8. The smallest absolute Gasteiger partial charge is 0.103 e. The zero-order valence-electron chi connectivity index (χ0n) is 17.4. The fourth-order valence-electron chi connectivity index (χ4n) is 2.92. The zero-order valence-corrected chi connectivity index (χ0v) is 17.4. The quantitative estimate of drug-likeness (QED) is 0.502. The molecule has 0 aliphatic heterocycles. The second-order valence-electron chi connectivity index (χ2n) is 7.38. The molecule has 6 heteroatoms. The van der Waals surface area contributed by atoms with Crippen LogP contribution in [0.5, 0.6) is 0 Å². The number of anilines is 1. The molecule has 0 radical (unpaired) electrons. The molecule has 2 rings (SSSR count). The molecule has 1 atom stereocenters. The molecular formula is C22H32FN5. The second-order valence-corrected chi connectivity index (χ2v) is 7.38. The first kappa shape index (κ1) is 21.7. The topological polar surface area (TPSA) is 56.9 Å². The van der Waals surface area contributed by atoms with E-state index in [9.17, 15) is 4.39 Å². The maximum absolute atomic E-state index is 13.8. The highest BCUT2D eigenvalue weighted by Gasteiger charge is 2.18. The van der Waals surface area contributed by atoms with Crippen molar-refractivity contribution in [1.82, 2.24) is 9.80 Å². The van der Waals surface area contributed by atoms with Gasteiger partial charge in [0.1, 0.15) is 5.83 Å². The van der Waals surface area contributed by atoms with E-state index in [4.69, 9.17) is 10.7 Å². The van der Waals surface area contributed by atoms with Crippen molar-refractivity contribution in [3.05, 3.63) is 65.8 Å². The first-order valence-electron chi connectivity index (χ1n) is 9.51. The molecular weight excluding hydrogens is 353 g/mol. The summed E-state index contributed by atoms with van der Waals surface area (Å²) in [5.74, 6) is 0.436. The summed E-state index contributed by atoms with van der Waals surface area (Å²) in [6.45, 7) is 6.71. The third kappa shape index (κ3) is 6.23. The SMILES string of the molecule is C=C(N)N(C)C/C(=N\CC(Nc1ccccc1)N(C)C)C1=CC(C)=C(F)CC1. The summed E-state index contributed by atoms with van der Waals surface area (Å²) in [7, 11) is 5.92. The van der Waals surface area contributed by atoms with Crippen LogP contribution in [-0.4, -0.2) is 55.9 Å². The van der Waals surface area contributed by atoms with E-state index in [0.717, 1.165) is 17.0 Å². The summed E-state index contributed by atoms with van der Waals surface area (Å²) in [5.41, 5.74) is 9.54. The summed E-state index contributed by atoms with van der Waals surface area (Å²) in [6, 6.07) is 10.1. The minimum atomic E-state index is -0.0448. The van der Waals surface area contributed by atoms with Crippen LogP contribution in [0.15, 0.2) is 70.8 Å². The van der Waals surface area contributed by atoms with Crippen LogP contribution in [0.25, 0.3) is 0 Å². The minimum absolute atomic E-state index is 0.0290. The third-order valence-corrected chi connectivity index (χ3v) is 4.87. The molecule has 1 aromatic carbocycles. The molecule has 3 N–H and O–H groups in total. The van der Waals surface area contributed by atoms with E-state index in [1.165, 1.54) is 0 Å². The normalized spacial score (nSPS) is 16.1. The van der Waals surface area contributed by atoms with Crippen LogP contribution in [0, 0.1) is 0 Å². The van der Waals surface area contributed by atoms with E-state index < -0.39 is 0 Å². The number of nitrogens with two attached hydrogens (primary N) is 1. The van der Waals surface area contributed by atoms with Gasteiger partial charge in [-0.15, -0.1) is 0 Å². The monoisotopic (exact) mass is 385 g/mol. The summed E-state index contributed by atoms with van der Waals surface area (Å²) in [6.07, 6.45) is 3.00. The molecule has 0 fully saturated rings. The highest BCUT2D eigenvalue weighted by Crippen LogP contribution is 2.26. The Hall–Kier alpha value is -2.60. The van der Waals surface area contributed by atoms with Gasteiger partial charge in [0.15, 0.2) is 0 Å². The average molecular weight is 386 g/mol. The fraction of sp³-hybridized carbons (Fsp3) is 0.409. The standard InChI is InChI=1S/C22H32FN5/c1-16-13-18(11-12-20(16)23)21(15-28(5)17(2)24)25-14-22(27(3)4)26-19-9-7-6-8-10-19/h6-10,13,22,26H,2,11-12,14-15,24H2,1,3-5H3/b25-21+. The maximum Gasteiger partial charge on any atom is 0.103 e. The Kier molecular flexibility index (Phi) is 7.81. The Balaban J connectivity index is 2.24. The number of nitrogens with zero attached hydrogens (tertiary/aromatic N) is 3. The van der Waals surface area contributed by atoms with E-state index in [1.807, 2.05) is 62.5 Å². The summed E-state index contributed by atoms with van der Waals surface area (Å²) >= 11 is 0. The molecule has 28 heavy (non-hydrogen) atoms. The van der Waals surface area contributed by atoms with Crippen molar-refractivity contribution >= 4 is 11.4 Å². The van der Waals surface area contributed by atoms with Crippen LogP contribution in [0.2, 0.25) is 0 Å². The van der Waals surface area contributed by atoms with Gasteiger partial charge in [-0.25, -0.2) is 4.39 Å². The molecule has 0 saturated carbocycles. The number of halogens is 1. The summed E-state index contributed by atoms with van der Waals surface area (Å²) in [5, 5.41) is 3.50. The molecule has 1 unspecified atom stereocenters. The van der Waals surface area contributed by atoms with Gasteiger partial charge in [0.2, 0.25) is 0 Å². The molecule has 1 aromatic rings. The molecule has 0 bridgehead atoms. The van der Waals surface area contributed by atoms with E-state index in [2.05, 4.69) is 16.8 Å². The van der Waals surface area contributed by atoms with Gasteiger partial charge < -0.3 is 16.0 Å². The van der Waals surface area contributed by atoms with E-state index >= 15 is 0 Å². The molecule has 152 valence electrons. The van der Waals surface area contributed by atoms with Crippen LogP contribution in [0.4, 0.5) is 10.1 Å². The number of para-hydroxylation sites is 1. The van der Waals surface area contributed by atoms with Gasteiger partial charge in [-0.1, -0.05) is 30.9 Å². The van der Waals surface area contributed by atoms with Gasteiger partial charge in [-0.05, 0) is 50.7 Å². The number of aliphatic imine (C=N–C) groups is 1. The molecule has 0 heterocycles. The van der Waals surface area contributed by atoms with Crippen LogP contribution < -0.4 is 11.1 Å². The van der Waals surface area contributed by atoms with Crippen LogP contribution >= 0.6 is 0 Å². The Morgan fingerprint density at radius 2 is 1.93 bits per heavy atom. The first-order chi connectivity index (χ1) is 13.3. The molecule has 0 saturated heterocycles. The van der Waals surface area contributed by atoms with Gasteiger partial charge in [-0.2, -0.15) is 0 Å². The third-order valence-electron chi connectivity index (χ3n) is 4.87. The van der Waals surface area contributed by atoms with Crippen molar-refractivity contribution in [3.63, 3.8) is 0 Å². The van der Waals surface area contributed by atoms with Gasteiger partial charge in [0.25, 0.3) is 0 Å². The zero-order chi connectivity index (χ0) is 20.7. The van der Waals surface area contributed by atoms with Gasteiger partial charge in [0, 0.05) is 19.2 Å². The second kappa shape index (κ2) is 10.1. The number of allylic oxidation sites excluding steroid dienone is 3. The highest BCUT2D eigenvalue weighted by molar-refractivity contribution is 6.02. The molecule has 0 spiro atoms. The van der Waals surface area contributed by atoms with Gasteiger partial charge in [-0.3, -0.25) is 9.89 Å². The lowest BCUT2D eigenvalue weighted by atomic mass is 9.95. The Labute approximate surface area is 168 Å². The van der Waals surface area contributed by atoms with Gasteiger partial charge in [0.05, 0.1) is 30.8 Å². The Bertz CT molecular complexity index is 764. The van der Waals surface area contributed by atoms with Crippen LogP contribution in [0.3, 0.4) is 0 Å². The van der Waals surface area contributed by atoms with Crippen molar-refractivity contribution in [2.24, 2.45) is 10.7 Å². The number of rotatable bonds is 9. The number of hydrogen-bond donors (Lipinski definition) is 2. The van der Waals surface area contributed by atoms with Crippen molar-refractivity contribution in [1.29, 1.82) is 0 Å². The summed E-state index contributed by atoms with van der Waals surface area (Å²) in [4.78, 5) is 8.86. The minimum Gasteiger partial charge on any atom is -0.386 e. The Morgan fingerprint density at radius 1 is 1.25 bits per heavy atom. The average Bonchev–Trinajstić information content (AvgIpc) is 2.66. The van der Waals surface area contributed by atoms with E-state index in [0.29, 0.717) is 37.3 Å². The Morgan fingerprint density at radius 3 is 2.50 bits per heavy atom. The van der Waals surface area contributed by atoms with Crippen molar-refractivity contribution < 1.29 is 4.39 Å². The lowest BCUT2D eigenvalue weighted by Crippen LogP contribution is -2.39. The van der Waals surface area contributed by atoms with Crippen molar-refractivity contribution in [2.75, 3.05) is 39.5 Å². The molecule has 5 nitrogen and oxygen atoms in total. The van der Waals surface area contributed by atoms with Crippen molar-refractivity contribution in [2.45, 2.75) is 25.9 Å². The molecule has 0 amide bonds. The predicted molar refractivity (Wildman–Crippen MR) is 117 cm³/mol. The lowest BCUT2D eigenvalue weighted by molar-refractivity contribution is 0.329. The van der Waals surface area contributed by atoms with Crippen molar-refractivity contribution in [3.8, 4) is 0 Å². The molecule has 0 aromatic heterocycles. The first-order valence-corrected chi connectivity index (χ1v) is 9.51. The highest BCUT2D eigenvalue weighted by atomic mass is 19.1.